The van der Waals surface area contributed by atoms with E-state index in [0.717, 1.165) is 11.4 Å². The minimum absolute atomic E-state index is 0.0682. The zero-order valence-electron chi connectivity index (χ0n) is 16.4. The molecule has 0 aliphatic carbocycles. The van der Waals surface area contributed by atoms with Crippen LogP contribution in [0.5, 0.6) is 5.75 Å². The maximum atomic E-state index is 13.0. The number of nitrogens with zero attached hydrogens (tertiary/aromatic N) is 3. The predicted molar refractivity (Wildman–Crippen MR) is 108 cm³/mol. The zero-order chi connectivity index (χ0) is 19.6. The molecule has 1 aromatic heterocycles. The minimum atomic E-state index is -0.218. The third-order valence-corrected chi connectivity index (χ3v) is 4.55. The van der Waals surface area contributed by atoms with Gasteiger partial charge in [-0.25, -0.2) is 4.68 Å². The van der Waals surface area contributed by atoms with Gasteiger partial charge in [-0.05, 0) is 35.2 Å². The molecule has 140 valence electrons. The Morgan fingerprint density at radius 2 is 1.67 bits per heavy atom. The SMILES string of the molecule is COc1cn(-c2ccccc2)nc1C(=O)N(C)c1ccc(C(C)(C)C)cc1. The molecule has 1 amide bonds. The summed E-state index contributed by atoms with van der Waals surface area (Å²) in [5.41, 5.74) is 3.25. The van der Waals surface area contributed by atoms with E-state index in [2.05, 4.69) is 38.0 Å². The molecule has 0 atom stereocenters. The molecule has 27 heavy (non-hydrogen) atoms. The fraction of sp³-hybridized carbons (Fsp3) is 0.273. The van der Waals surface area contributed by atoms with Gasteiger partial charge in [0.15, 0.2) is 11.4 Å². The van der Waals surface area contributed by atoms with Crippen LogP contribution < -0.4 is 9.64 Å². The molecule has 0 aliphatic heterocycles. The van der Waals surface area contributed by atoms with Gasteiger partial charge in [0.05, 0.1) is 19.0 Å². The van der Waals surface area contributed by atoms with Crippen molar-refractivity contribution in [2.24, 2.45) is 0 Å². The topological polar surface area (TPSA) is 47.4 Å². The van der Waals surface area contributed by atoms with Gasteiger partial charge in [-0.3, -0.25) is 4.79 Å². The van der Waals surface area contributed by atoms with Gasteiger partial charge in [-0.2, -0.15) is 5.10 Å². The van der Waals surface area contributed by atoms with Crippen LogP contribution in [-0.2, 0) is 5.41 Å². The average Bonchev–Trinajstić information content (AvgIpc) is 3.11. The molecule has 3 aromatic rings. The molecule has 0 N–H and O–H groups in total. The van der Waals surface area contributed by atoms with Crippen molar-refractivity contribution in [2.45, 2.75) is 26.2 Å². The highest BCUT2D eigenvalue weighted by Gasteiger charge is 2.23. The smallest absolute Gasteiger partial charge is 0.282 e. The number of anilines is 1. The largest absolute Gasteiger partial charge is 0.493 e. The molecular weight excluding hydrogens is 338 g/mol. The van der Waals surface area contributed by atoms with E-state index in [1.54, 1.807) is 29.9 Å². The average molecular weight is 363 g/mol. The molecule has 0 bridgehead atoms. The summed E-state index contributed by atoms with van der Waals surface area (Å²) in [6, 6.07) is 17.7. The Bertz CT molecular complexity index is 922. The zero-order valence-corrected chi connectivity index (χ0v) is 16.4. The number of amides is 1. The maximum absolute atomic E-state index is 13.0. The highest BCUT2D eigenvalue weighted by Crippen LogP contribution is 2.26. The molecule has 0 spiro atoms. The van der Waals surface area contributed by atoms with E-state index in [0.29, 0.717) is 5.75 Å². The number of para-hydroxylation sites is 1. The lowest BCUT2D eigenvalue weighted by atomic mass is 9.87. The van der Waals surface area contributed by atoms with Crippen LogP contribution in [0.15, 0.2) is 60.8 Å². The van der Waals surface area contributed by atoms with Crippen LogP contribution in [0.3, 0.4) is 0 Å². The summed E-state index contributed by atoms with van der Waals surface area (Å²) in [5.74, 6) is 0.229. The normalized spacial score (nSPS) is 11.3. The van der Waals surface area contributed by atoms with Gasteiger partial charge >= 0.3 is 0 Å². The van der Waals surface area contributed by atoms with Gasteiger partial charge in [-0.15, -0.1) is 0 Å². The summed E-state index contributed by atoms with van der Waals surface area (Å²) >= 11 is 0. The van der Waals surface area contributed by atoms with Crippen LogP contribution >= 0.6 is 0 Å². The van der Waals surface area contributed by atoms with Gasteiger partial charge in [0.1, 0.15) is 0 Å². The second-order valence-electron chi connectivity index (χ2n) is 7.49. The first-order valence-corrected chi connectivity index (χ1v) is 8.89. The molecule has 2 aromatic carbocycles. The molecule has 3 rings (SSSR count). The van der Waals surface area contributed by atoms with Gasteiger partial charge < -0.3 is 9.64 Å². The van der Waals surface area contributed by atoms with Crippen molar-refractivity contribution >= 4 is 11.6 Å². The summed E-state index contributed by atoms with van der Waals surface area (Å²) in [7, 11) is 3.29. The lowest BCUT2D eigenvalue weighted by molar-refractivity contribution is 0.0985. The fourth-order valence-corrected chi connectivity index (χ4v) is 2.83. The van der Waals surface area contributed by atoms with Crippen LogP contribution in [0.4, 0.5) is 5.69 Å². The summed E-state index contributed by atoms with van der Waals surface area (Å²) in [4.78, 5) is 14.6. The fourth-order valence-electron chi connectivity index (χ4n) is 2.83. The monoisotopic (exact) mass is 363 g/mol. The van der Waals surface area contributed by atoms with Crippen molar-refractivity contribution < 1.29 is 9.53 Å². The van der Waals surface area contributed by atoms with E-state index in [-0.39, 0.29) is 17.0 Å². The van der Waals surface area contributed by atoms with Crippen LogP contribution in [0.25, 0.3) is 5.69 Å². The summed E-state index contributed by atoms with van der Waals surface area (Å²) in [5, 5.41) is 4.46. The molecule has 5 heteroatoms. The molecule has 0 radical (unpaired) electrons. The Hall–Kier alpha value is -3.08. The Balaban J connectivity index is 1.90. The number of aromatic nitrogens is 2. The Morgan fingerprint density at radius 1 is 1.04 bits per heavy atom. The van der Waals surface area contributed by atoms with Gasteiger partial charge in [0, 0.05) is 12.7 Å². The number of carbonyl (C=O) groups excluding carboxylic acids is 1. The van der Waals surface area contributed by atoms with Crippen LogP contribution in [-0.4, -0.2) is 29.8 Å². The first-order valence-electron chi connectivity index (χ1n) is 8.89. The summed E-state index contributed by atoms with van der Waals surface area (Å²) in [6.07, 6.45) is 1.72. The Morgan fingerprint density at radius 3 is 2.22 bits per heavy atom. The number of rotatable bonds is 4. The number of ether oxygens (including phenoxy) is 1. The van der Waals surface area contributed by atoms with E-state index in [1.807, 2.05) is 42.5 Å². The van der Waals surface area contributed by atoms with E-state index >= 15 is 0 Å². The standard InChI is InChI=1S/C22H25N3O2/c1-22(2,3)16-11-13-17(14-12-16)24(4)21(26)20-19(27-5)15-25(23-20)18-9-7-6-8-10-18/h6-15H,1-5H3. The molecule has 1 heterocycles. The van der Waals surface area contributed by atoms with E-state index in [9.17, 15) is 4.79 Å². The lowest BCUT2D eigenvalue weighted by Gasteiger charge is -2.21. The van der Waals surface area contributed by atoms with Gasteiger partial charge in [0.2, 0.25) is 0 Å². The van der Waals surface area contributed by atoms with Gasteiger partial charge in [-0.1, -0.05) is 51.1 Å². The Kier molecular flexibility index (Phi) is 5.04. The van der Waals surface area contributed by atoms with Crippen molar-refractivity contribution in [1.29, 1.82) is 0 Å². The Labute approximate surface area is 160 Å². The van der Waals surface area contributed by atoms with Crippen molar-refractivity contribution in [3.8, 4) is 11.4 Å². The highest BCUT2D eigenvalue weighted by atomic mass is 16.5. The predicted octanol–water partition coefficient (Wildman–Crippen LogP) is 4.46. The van der Waals surface area contributed by atoms with E-state index in [1.165, 1.54) is 5.56 Å². The molecule has 0 fully saturated rings. The van der Waals surface area contributed by atoms with Crippen LogP contribution in [0.1, 0.15) is 36.8 Å². The molecule has 0 aliphatic rings. The molecule has 0 unspecified atom stereocenters. The summed E-state index contributed by atoms with van der Waals surface area (Å²) < 4.78 is 7.04. The van der Waals surface area contributed by atoms with E-state index < -0.39 is 0 Å². The van der Waals surface area contributed by atoms with Crippen LogP contribution in [0, 0.1) is 0 Å². The molecule has 5 nitrogen and oxygen atoms in total. The lowest BCUT2D eigenvalue weighted by Crippen LogP contribution is -2.27. The number of hydrogen-bond donors (Lipinski definition) is 0. The van der Waals surface area contributed by atoms with Crippen molar-refractivity contribution in [3.05, 3.63) is 72.1 Å². The molecule has 0 saturated heterocycles. The minimum Gasteiger partial charge on any atom is -0.493 e. The molecular formula is C22H25N3O2. The van der Waals surface area contributed by atoms with Crippen LogP contribution in [0.2, 0.25) is 0 Å². The number of benzene rings is 2. The second-order valence-corrected chi connectivity index (χ2v) is 7.49. The summed E-state index contributed by atoms with van der Waals surface area (Å²) in [6.45, 7) is 6.49. The highest BCUT2D eigenvalue weighted by molar-refractivity contribution is 6.06. The van der Waals surface area contributed by atoms with Crippen molar-refractivity contribution in [3.63, 3.8) is 0 Å². The first-order chi connectivity index (χ1) is 12.8. The second kappa shape index (κ2) is 7.27. The number of methoxy groups -OCH3 is 1. The number of carbonyl (C=O) groups is 1. The third-order valence-electron chi connectivity index (χ3n) is 4.55. The first kappa shape index (κ1) is 18.7. The van der Waals surface area contributed by atoms with Gasteiger partial charge in [0.25, 0.3) is 5.91 Å². The number of hydrogen-bond acceptors (Lipinski definition) is 3. The van der Waals surface area contributed by atoms with Crippen molar-refractivity contribution in [2.75, 3.05) is 19.1 Å². The third kappa shape index (κ3) is 3.87. The maximum Gasteiger partial charge on any atom is 0.282 e. The van der Waals surface area contributed by atoms with Crippen molar-refractivity contribution in [1.82, 2.24) is 9.78 Å². The quantitative estimate of drug-likeness (QED) is 0.688. The van der Waals surface area contributed by atoms with E-state index in [4.69, 9.17) is 4.74 Å². The molecule has 0 saturated carbocycles.